The third-order valence-corrected chi connectivity index (χ3v) is 10.4. The second kappa shape index (κ2) is 25.9. The normalized spacial score (nSPS) is 13.0. The van der Waals surface area contributed by atoms with E-state index in [0.29, 0.717) is 44.2 Å². The molecule has 4 rings (SSSR count). The van der Waals surface area contributed by atoms with Gasteiger partial charge in [-0.15, -0.1) is 0 Å². The largest absolute Gasteiger partial charge is 0.481 e. The molecule has 0 unspecified atom stereocenters. The number of carbonyl (C=O) groups excluding carboxylic acids is 3. The van der Waals surface area contributed by atoms with Crippen molar-refractivity contribution in [1.29, 1.82) is 0 Å². The van der Waals surface area contributed by atoms with Gasteiger partial charge in [-0.05, 0) is 123 Å². The first-order chi connectivity index (χ1) is 28.7. The maximum Gasteiger partial charge on any atom is 0.303 e. The zero-order valence-corrected chi connectivity index (χ0v) is 36.6. The number of hydrogen-bond acceptors (Lipinski definition) is 9. The summed E-state index contributed by atoms with van der Waals surface area (Å²) in [4.78, 5) is 57.5. The highest BCUT2D eigenvalue weighted by Crippen LogP contribution is 2.28. The molecule has 332 valence electrons. The van der Waals surface area contributed by atoms with E-state index in [1.54, 1.807) is 30.7 Å². The Morgan fingerprint density at radius 2 is 1.11 bits per heavy atom. The van der Waals surface area contributed by atoms with Crippen molar-refractivity contribution in [2.24, 2.45) is 29.0 Å². The lowest BCUT2D eigenvalue weighted by molar-refractivity contribution is -0.137. The fraction of sp³-hybridized carbons (Fsp3) is 0.435. The Morgan fingerprint density at radius 3 is 1.44 bits per heavy atom. The van der Waals surface area contributed by atoms with Gasteiger partial charge in [-0.3, -0.25) is 29.1 Å². The van der Waals surface area contributed by atoms with Crippen LogP contribution in [0, 0.1) is 23.5 Å². The standard InChI is InChI=1S/C23H31FN4O2.C12H18FN3O.C11H15NO2/c1-15(2)20(17-6-5-9-26-13-17)12-22(29)27-14-18(28(3)4)10-16-7-8-19(23(25)30)21(24)11-16;1-16(2)9(7-14)5-8-3-4-10(12(15)17)11(13)6-8;1-8(2)10(6-11(13)14)9-4-3-5-12-7-9/h5-9,11,13,15,18,20H,10,12,14H2,1-4H3,(H2,25,30)(H,27,29);3-4,6,9H,5,7,14H2,1-2H3,(H2,15,17);3-5,7-8,10H,6H2,1-2H3,(H,13,14)/t18-,20-;9-;10-/m000/s1. The number of hydrogen-bond donors (Lipinski definition) is 5. The predicted molar refractivity (Wildman–Crippen MR) is 235 cm³/mol. The maximum absolute atomic E-state index is 14.1. The molecule has 0 radical (unpaired) electrons. The predicted octanol–water partition coefficient (Wildman–Crippen LogP) is 5.39. The molecule has 0 saturated heterocycles. The van der Waals surface area contributed by atoms with Crippen molar-refractivity contribution < 1.29 is 33.1 Å². The van der Waals surface area contributed by atoms with Crippen LogP contribution in [0.15, 0.2) is 85.5 Å². The van der Waals surface area contributed by atoms with Crippen LogP contribution in [0.3, 0.4) is 0 Å². The van der Waals surface area contributed by atoms with Crippen LogP contribution in [-0.2, 0) is 22.4 Å². The number of primary amides is 2. The smallest absolute Gasteiger partial charge is 0.303 e. The Hall–Kier alpha value is -5.64. The highest BCUT2D eigenvalue weighted by Gasteiger charge is 2.22. The van der Waals surface area contributed by atoms with Gasteiger partial charge in [-0.1, -0.05) is 52.0 Å². The van der Waals surface area contributed by atoms with E-state index in [1.165, 1.54) is 24.3 Å². The number of rotatable bonds is 19. The minimum atomic E-state index is -0.788. The van der Waals surface area contributed by atoms with Crippen LogP contribution in [0.4, 0.5) is 8.78 Å². The summed E-state index contributed by atoms with van der Waals surface area (Å²) < 4.78 is 27.6. The number of likely N-dealkylation sites (N-methyl/N-ethyl adjacent to an activating group) is 2. The van der Waals surface area contributed by atoms with Crippen LogP contribution in [0.1, 0.15) is 95.3 Å². The molecule has 2 aromatic carbocycles. The Bertz CT molecular complexity index is 1980. The molecular formula is C46H64F2N8O5. The van der Waals surface area contributed by atoms with E-state index in [0.717, 1.165) is 22.3 Å². The quantitative estimate of drug-likeness (QED) is 0.0813. The zero-order valence-electron chi connectivity index (χ0n) is 36.6. The fourth-order valence-corrected chi connectivity index (χ4v) is 6.59. The van der Waals surface area contributed by atoms with Crippen molar-refractivity contribution in [1.82, 2.24) is 25.1 Å². The molecule has 0 aliphatic carbocycles. The number of pyridine rings is 2. The van der Waals surface area contributed by atoms with Crippen LogP contribution in [0.5, 0.6) is 0 Å². The third kappa shape index (κ3) is 17.9. The molecule has 0 aliphatic rings. The molecular weight excluding hydrogens is 783 g/mol. The monoisotopic (exact) mass is 846 g/mol. The van der Waals surface area contributed by atoms with Crippen molar-refractivity contribution in [2.45, 2.75) is 77.3 Å². The molecule has 15 heteroatoms. The second-order valence-corrected chi connectivity index (χ2v) is 16.1. The van der Waals surface area contributed by atoms with Gasteiger partial charge in [-0.25, -0.2) is 8.78 Å². The van der Waals surface area contributed by atoms with Crippen LogP contribution < -0.4 is 22.5 Å². The van der Waals surface area contributed by atoms with Gasteiger partial charge < -0.3 is 37.4 Å². The molecule has 0 saturated carbocycles. The first-order valence-corrected chi connectivity index (χ1v) is 20.2. The molecule has 2 aromatic heterocycles. The molecule has 0 bridgehead atoms. The summed E-state index contributed by atoms with van der Waals surface area (Å²) in [7, 11) is 7.67. The second-order valence-electron chi connectivity index (χ2n) is 16.1. The van der Waals surface area contributed by atoms with E-state index < -0.39 is 29.4 Å². The minimum absolute atomic E-state index is 0.0244. The van der Waals surface area contributed by atoms with Gasteiger partial charge >= 0.3 is 5.97 Å². The lowest BCUT2D eigenvalue weighted by Crippen LogP contribution is -2.42. The topological polar surface area (TPSA) is 211 Å². The SMILES string of the molecule is CC(C)[C@H](CC(=O)NC[C@H](Cc1ccc(C(N)=O)c(F)c1)N(C)C)c1cccnc1.CC(C)[C@H](CC(=O)O)c1cccnc1.CN(C)[C@H](CN)Cc1ccc(C(N)=O)c(F)c1. The van der Waals surface area contributed by atoms with Crippen molar-refractivity contribution in [2.75, 3.05) is 41.3 Å². The molecule has 8 N–H and O–H groups in total. The fourth-order valence-electron chi connectivity index (χ4n) is 6.59. The highest BCUT2D eigenvalue weighted by atomic mass is 19.1. The first kappa shape index (κ1) is 51.5. The summed E-state index contributed by atoms with van der Waals surface area (Å²) in [6.45, 7) is 9.17. The number of benzene rings is 2. The van der Waals surface area contributed by atoms with E-state index in [1.807, 2.05) is 82.3 Å². The zero-order chi connectivity index (χ0) is 45.8. The number of amides is 3. The van der Waals surface area contributed by atoms with Gasteiger partial charge in [-0.2, -0.15) is 0 Å². The van der Waals surface area contributed by atoms with Crippen LogP contribution in [0.25, 0.3) is 0 Å². The number of nitrogens with zero attached hydrogens (tertiary/aromatic N) is 4. The number of carboxylic acid groups (broad SMARTS) is 1. The molecule has 13 nitrogen and oxygen atoms in total. The number of aromatic nitrogens is 2. The molecule has 0 spiro atoms. The van der Waals surface area contributed by atoms with Gasteiger partial charge in [0.1, 0.15) is 11.6 Å². The maximum atomic E-state index is 14.1. The Kier molecular flexibility index (Phi) is 21.8. The van der Waals surface area contributed by atoms with Gasteiger partial charge in [0.2, 0.25) is 5.91 Å². The van der Waals surface area contributed by atoms with Gasteiger partial charge in [0.25, 0.3) is 11.8 Å². The molecule has 0 aliphatic heterocycles. The number of nitrogens with two attached hydrogens (primary N) is 3. The molecule has 0 fully saturated rings. The summed E-state index contributed by atoms with van der Waals surface area (Å²) in [6, 6.07) is 16.7. The van der Waals surface area contributed by atoms with Crippen molar-refractivity contribution >= 4 is 23.7 Å². The summed E-state index contributed by atoms with van der Waals surface area (Å²) in [5, 5.41) is 11.8. The van der Waals surface area contributed by atoms with Gasteiger partial charge in [0.05, 0.1) is 17.5 Å². The minimum Gasteiger partial charge on any atom is -0.481 e. The van der Waals surface area contributed by atoms with Crippen LogP contribution in [-0.4, -0.2) is 102 Å². The van der Waals surface area contributed by atoms with Crippen LogP contribution >= 0.6 is 0 Å². The van der Waals surface area contributed by atoms with E-state index in [9.17, 15) is 28.0 Å². The molecule has 2 heterocycles. The summed E-state index contributed by atoms with van der Waals surface area (Å²) in [6.07, 6.45) is 8.69. The average molecular weight is 847 g/mol. The van der Waals surface area contributed by atoms with Crippen molar-refractivity contribution in [3.63, 3.8) is 0 Å². The third-order valence-electron chi connectivity index (χ3n) is 10.4. The van der Waals surface area contributed by atoms with Crippen LogP contribution in [0.2, 0.25) is 0 Å². The number of halogens is 2. The lowest BCUT2D eigenvalue weighted by Gasteiger charge is -2.26. The number of aliphatic carboxylic acids is 1. The van der Waals surface area contributed by atoms with Gasteiger partial charge in [0.15, 0.2) is 0 Å². The number of carboxylic acids is 1. The Balaban J connectivity index is 0.000000348. The Morgan fingerprint density at radius 1 is 0.689 bits per heavy atom. The molecule has 4 aromatic rings. The number of nitrogens with one attached hydrogen (secondary N) is 1. The van der Waals surface area contributed by atoms with Crippen molar-refractivity contribution in [3.05, 3.63) is 130 Å². The van der Waals surface area contributed by atoms with E-state index in [2.05, 4.69) is 29.1 Å². The lowest BCUT2D eigenvalue weighted by atomic mass is 9.86. The molecule has 61 heavy (non-hydrogen) atoms. The number of carbonyl (C=O) groups is 4. The summed E-state index contributed by atoms with van der Waals surface area (Å²) >= 11 is 0. The van der Waals surface area contributed by atoms with Crippen molar-refractivity contribution in [3.8, 4) is 0 Å². The Labute approximate surface area is 359 Å². The highest BCUT2D eigenvalue weighted by molar-refractivity contribution is 5.93. The summed E-state index contributed by atoms with van der Waals surface area (Å²) in [5.74, 6) is -2.77. The first-order valence-electron chi connectivity index (χ1n) is 20.2. The van der Waals surface area contributed by atoms with E-state index in [-0.39, 0.29) is 47.4 Å². The van der Waals surface area contributed by atoms with Gasteiger partial charge in [0, 0.05) is 56.4 Å². The average Bonchev–Trinajstić information content (AvgIpc) is 3.20. The molecule has 4 atom stereocenters. The van der Waals surface area contributed by atoms with E-state index >= 15 is 0 Å². The summed E-state index contributed by atoms with van der Waals surface area (Å²) in [5.41, 5.74) is 19.2. The van der Waals surface area contributed by atoms with E-state index in [4.69, 9.17) is 22.3 Å². The molecule has 3 amide bonds.